The first-order chi connectivity index (χ1) is 8.99. The molecule has 2 rings (SSSR count). The minimum atomic E-state index is -0.716. The molecule has 1 N–H and O–H groups in total. The van der Waals surface area contributed by atoms with Gasteiger partial charge in [-0.25, -0.2) is 4.39 Å². The van der Waals surface area contributed by atoms with Gasteiger partial charge in [0.2, 0.25) is 0 Å². The Kier molecular flexibility index (Phi) is 3.90. The lowest BCUT2D eigenvalue weighted by Crippen LogP contribution is -2.19. The summed E-state index contributed by atoms with van der Waals surface area (Å²) in [7, 11) is 1.78. The molecule has 2 aromatic rings. The maximum Gasteiger partial charge on any atom is 0.146 e. The highest BCUT2D eigenvalue weighted by Crippen LogP contribution is 2.29. The van der Waals surface area contributed by atoms with E-state index in [9.17, 15) is 9.50 Å². The number of rotatable bonds is 4. The van der Waals surface area contributed by atoms with E-state index in [1.807, 2.05) is 19.1 Å². The van der Waals surface area contributed by atoms with Gasteiger partial charge in [-0.3, -0.25) is 0 Å². The summed E-state index contributed by atoms with van der Waals surface area (Å²) >= 11 is 0. The van der Waals surface area contributed by atoms with Gasteiger partial charge in [-0.15, -0.1) is 0 Å². The Labute approximate surface area is 112 Å². The fraction of sp³-hybridized carbons (Fsp3) is 0.333. The Morgan fingerprint density at radius 3 is 2.63 bits per heavy atom. The summed E-state index contributed by atoms with van der Waals surface area (Å²) in [5, 5.41) is 9.73. The molecule has 1 heterocycles. The standard InChI is InChI=1S/C15H18FNO2/c1-10-7-8-12(19-10)9-17(3)15-13(11(2)18)5-4-6-14(15)16/h4-8,11,18H,9H2,1-3H3/t11-/m0/s1. The van der Waals surface area contributed by atoms with Crippen LogP contribution in [0.3, 0.4) is 0 Å². The van der Waals surface area contributed by atoms with Gasteiger partial charge in [0.05, 0.1) is 18.3 Å². The van der Waals surface area contributed by atoms with Crippen molar-refractivity contribution < 1.29 is 13.9 Å². The minimum Gasteiger partial charge on any atom is -0.464 e. The third-order valence-corrected chi connectivity index (χ3v) is 3.04. The molecule has 0 unspecified atom stereocenters. The molecular formula is C15H18FNO2. The molecule has 1 aromatic heterocycles. The fourth-order valence-corrected chi connectivity index (χ4v) is 2.15. The molecule has 0 aliphatic rings. The van der Waals surface area contributed by atoms with E-state index in [0.29, 0.717) is 17.8 Å². The normalized spacial score (nSPS) is 12.5. The van der Waals surface area contributed by atoms with E-state index in [2.05, 4.69) is 0 Å². The largest absolute Gasteiger partial charge is 0.464 e. The number of hydrogen-bond donors (Lipinski definition) is 1. The van der Waals surface area contributed by atoms with E-state index in [1.165, 1.54) is 6.07 Å². The van der Waals surface area contributed by atoms with Crippen molar-refractivity contribution in [1.29, 1.82) is 0 Å². The Morgan fingerprint density at radius 1 is 1.32 bits per heavy atom. The third-order valence-electron chi connectivity index (χ3n) is 3.04. The molecule has 1 aromatic carbocycles. The number of halogens is 1. The Bertz CT molecular complexity index is 563. The Morgan fingerprint density at radius 2 is 2.05 bits per heavy atom. The molecule has 3 nitrogen and oxygen atoms in total. The van der Waals surface area contributed by atoms with Crippen LogP contribution in [0.25, 0.3) is 0 Å². The second-order valence-corrected chi connectivity index (χ2v) is 4.72. The van der Waals surface area contributed by atoms with Gasteiger partial charge in [0.1, 0.15) is 17.3 Å². The van der Waals surface area contributed by atoms with Gasteiger partial charge in [-0.05, 0) is 32.0 Å². The SMILES string of the molecule is Cc1ccc(CN(C)c2c(F)cccc2[C@H](C)O)o1. The number of aliphatic hydroxyl groups is 1. The highest BCUT2D eigenvalue weighted by molar-refractivity contribution is 5.55. The van der Waals surface area contributed by atoms with Crippen molar-refractivity contribution in [1.82, 2.24) is 0 Å². The fourth-order valence-electron chi connectivity index (χ4n) is 2.15. The van der Waals surface area contributed by atoms with Gasteiger partial charge in [0.15, 0.2) is 0 Å². The first-order valence-corrected chi connectivity index (χ1v) is 6.22. The lowest BCUT2D eigenvalue weighted by Gasteiger charge is -2.23. The summed E-state index contributed by atoms with van der Waals surface area (Å²) in [5.41, 5.74) is 0.984. The number of furan rings is 1. The van der Waals surface area contributed by atoms with E-state index in [0.717, 1.165) is 11.5 Å². The molecule has 102 valence electrons. The number of hydrogen-bond acceptors (Lipinski definition) is 3. The molecule has 0 aliphatic carbocycles. The molecule has 0 radical (unpaired) electrons. The van der Waals surface area contributed by atoms with Gasteiger partial charge < -0.3 is 14.4 Å². The predicted molar refractivity (Wildman–Crippen MR) is 72.6 cm³/mol. The van der Waals surface area contributed by atoms with Crippen molar-refractivity contribution in [2.24, 2.45) is 0 Å². The smallest absolute Gasteiger partial charge is 0.146 e. The summed E-state index contributed by atoms with van der Waals surface area (Å²) in [6, 6.07) is 8.47. The predicted octanol–water partition coefficient (Wildman–Crippen LogP) is 3.42. The molecule has 0 saturated carbocycles. The van der Waals surface area contributed by atoms with Crippen LogP contribution in [-0.2, 0) is 6.54 Å². The minimum absolute atomic E-state index is 0.343. The zero-order valence-electron chi connectivity index (χ0n) is 11.4. The van der Waals surface area contributed by atoms with E-state index >= 15 is 0 Å². The average Bonchev–Trinajstić information content (AvgIpc) is 2.74. The van der Waals surface area contributed by atoms with E-state index < -0.39 is 6.10 Å². The van der Waals surface area contributed by atoms with Crippen LogP contribution >= 0.6 is 0 Å². The quantitative estimate of drug-likeness (QED) is 0.918. The van der Waals surface area contributed by atoms with Crippen LogP contribution in [0.2, 0.25) is 0 Å². The van der Waals surface area contributed by atoms with Crippen molar-refractivity contribution in [3.05, 3.63) is 53.2 Å². The van der Waals surface area contributed by atoms with Gasteiger partial charge in [0, 0.05) is 12.6 Å². The van der Waals surface area contributed by atoms with Crippen molar-refractivity contribution in [2.75, 3.05) is 11.9 Å². The molecule has 0 amide bonds. The zero-order chi connectivity index (χ0) is 14.0. The third kappa shape index (κ3) is 2.96. The number of anilines is 1. The number of benzene rings is 1. The van der Waals surface area contributed by atoms with E-state index in [4.69, 9.17) is 4.42 Å². The van der Waals surface area contributed by atoms with Crippen LogP contribution in [0.15, 0.2) is 34.7 Å². The molecule has 1 atom stereocenters. The monoisotopic (exact) mass is 263 g/mol. The number of nitrogens with zero attached hydrogens (tertiary/aromatic N) is 1. The highest BCUT2D eigenvalue weighted by Gasteiger charge is 2.17. The van der Waals surface area contributed by atoms with Crippen molar-refractivity contribution in [3.8, 4) is 0 Å². The van der Waals surface area contributed by atoms with Gasteiger partial charge in [-0.2, -0.15) is 0 Å². The summed E-state index contributed by atoms with van der Waals surface area (Å²) < 4.78 is 19.5. The van der Waals surface area contributed by atoms with Crippen LogP contribution in [-0.4, -0.2) is 12.2 Å². The van der Waals surface area contributed by atoms with Crippen molar-refractivity contribution in [2.45, 2.75) is 26.5 Å². The number of aliphatic hydroxyl groups excluding tert-OH is 1. The first-order valence-electron chi connectivity index (χ1n) is 6.22. The first kappa shape index (κ1) is 13.6. The average molecular weight is 263 g/mol. The summed E-state index contributed by atoms with van der Waals surface area (Å²) in [4.78, 5) is 1.75. The highest BCUT2D eigenvalue weighted by atomic mass is 19.1. The molecule has 19 heavy (non-hydrogen) atoms. The molecule has 0 fully saturated rings. The Hall–Kier alpha value is -1.81. The van der Waals surface area contributed by atoms with E-state index in [-0.39, 0.29) is 5.82 Å². The van der Waals surface area contributed by atoms with Crippen LogP contribution in [0.5, 0.6) is 0 Å². The summed E-state index contributed by atoms with van der Waals surface area (Å²) in [5.74, 6) is 1.25. The number of aryl methyl sites for hydroxylation is 1. The molecule has 4 heteroatoms. The molecule has 0 aliphatic heterocycles. The summed E-state index contributed by atoms with van der Waals surface area (Å²) in [6.45, 7) is 3.95. The van der Waals surface area contributed by atoms with Gasteiger partial charge in [0.25, 0.3) is 0 Å². The van der Waals surface area contributed by atoms with Crippen LogP contribution in [0.1, 0.15) is 30.1 Å². The second-order valence-electron chi connectivity index (χ2n) is 4.72. The maximum absolute atomic E-state index is 14.0. The lowest BCUT2D eigenvalue weighted by molar-refractivity contribution is 0.199. The van der Waals surface area contributed by atoms with Gasteiger partial charge >= 0.3 is 0 Å². The van der Waals surface area contributed by atoms with Crippen molar-refractivity contribution >= 4 is 5.69 Å². The second kappa shape index (κ2) is 5.45. The van der Waals surface area contributed by atoms with Crippen LogP contribution in [0, 0.1) is 12.7 Å². The molecule has 0 saturated heterocycles. The van der Waals surface area contributed by atoms with Crippen LogP contribution in [0.4, 0.5) is 10.1 Å². The van der Waals surface area contributed by atoms with Gasteiger partial charge in [-0.1, -0.05) is 12.1 Å². The Balaban J connectivity index is 2.30. The molecular weight excluding hydrogens is 245 g/mol. The summed E-state index contributed by atoms with van der Waals surface area (Å²) in [6.07, 6.45) is -0.716. The molecule has 0 spiro atoms. The van der Waals surface area contributed by atoms with Crippen molar-refractivity contribution in [3.63, 3.8) is 0 Å². The topological polar surface area (TPSA) is 36.6 Å². The maximum atomic E-state index is 14.0. The molecule has 0 bridgehead atoms. The van der Waals surface area contributed by atoms with E-state index in [1.54, 1.807) is 31.0 Å². The van der Waals surface area contributed by atoms with Crippen LogP contribution < -0.4 is 4.90 Å². The zero-order valence-corrected chi connectivity index (χ0v) is 11.4. The lowest BCUT2D eigenvalue weighted by atomic mass is 10.1. The number of para-hydroxylation sites is 1.